The SMILES string of the molecule is COC(=O)c1c(NC(=O)c2cnn3c(C(F)(F)F)cc(-c4ccc(OC)cc4)nc23)cnn1C. The molecule has 13 heteroatoms. The second-order valence-electron chi connectivity index (χ2n) is 7.02. The van der Waals surface area contributed by atoms with E-state index in [1.165, 1.54) is 25.0 Å². The summed E-state index contributed by atoms with van der Waals surface area (Å²) in [6, 6.07) is 7.10. The molecule has 34 heavy (non-hydrogen) atoms. The van der Waals surface area contributed by atoms with Crippen LogP contribution in [0.2, 0.25) is 0 Å². The first-order valence-corrected chi connectivity index (χ1v) is 9.66. The van der Waals surface area contributed by atoms with Crippen LogP contribution in [0.25, 0.3) is 16.9 Å². The normalized spacial score (nSPS) is 11.5. The molecule has 4 aromatic rings. The molecule has 10 nitrogen and oxygen atoms in total. The minimum Gasteiger partial charge on any atom is -0.497 e. The van der Waals surface area contributed by atoms with Crippen molar-refractivity contribution in [2.45, 2.75) is 6.18 Å². The number of nitrogens with zero attached hydrogens (tertiary/aromatic N) is 5. The van der Waals surface area contributed by atoms with E-state index in [0.29, 0.717) is 15.8 Å². The second kappa shape index (κ2) is 8.50. The average Bonchev–Trinajstić information content (AvgIpc) is 3.40. The Hall–Kier alpha value is -4.42. The molecular formula is C21H17F3N6O4. The van der Waals surface area contributed by atoms with Crippen molar-refractivity contribution in [3.63, 3.8) is 0 Å². The Kier molecular flexibility index (Phi) is 5.69. The summed E-state index contributed by atoms with van der Waals surface area (Å²) in [5.74, 6) is -1.07. The highest BCUT2D eigenvalue weighted by Crippen LogP contribution is 2.33. The van der Waals surface area contributed by atoms with Gasteiger partial charge in [0.1, 0.15) is 11.3 Å². The van der Waals surface area contributed by atoms with Crippen LogP contribution in [0.15, 0.2) is 42.7 Å². The van der Waals surface area contributed by atoms with Gasteiger partial charge in [-0.05, 0) is 30.3 Å². The van der Waals surface area contributed by atoms with Crippen molar-refractivity contribution in [3.05, 3.63) is 59.7 Å². The van der Waals surface area contributed by atoms with E-state index in [0.717, 1.165) is 19.4 Å². The van der Waals surface area contributed by atoms with Gasteiger partial charge in [-0.3, -0.25) is 9.48 Å². The summed E-state index contributed by atoms with van der Waals surface area (Å²) in [6.45, 7) is 0. The molecule has 0 aliphatic rings. The van der Waals surface area contributed by atoms with Crippen LogP contribution in [-0.4, -0.2) is 50.5 Å². The quantitative estimate of drug-likeness (QED) is 0.442. The second-order valence-corrected chi connectivity index (χ2v) is 7.02. The van der Waals surface area contributed by atoms with Gasteiger partial charge >= 0.3 is 12.1 Å². The monoisotopic (exact) mass is 474 g/mol. The molecule has 0 radical (unpaired) electrons. The van der Waals surface area contributed by atoms with E-state index in [2.05, 4.69) is 25.2 Å². The lowest BCUT2D eigenvalue weighted by Crippen LogP contribution is -2.17. The van der Waals surface area contributed by atoms with Gasteiger partial charge in [-0.2, -0.15) is 23.4 Å². The number of halogens is 3. The minimum atomic E-state index is -4.77. The number of fused-ring (bicyclic) bond motifs is 1. The van der Waals surface area contributed by atoms with Crippen molar-refractivity contribution in [2.24, 2.45) is 7.05 Å². The number of anilines is 1. The summed E-state index contributed by atoms with van der Waals surface area (Å²) in [6.07, 6.45) is -2.59. The molecule has 4 rings (SSSR count). The number of methoxy groups -OCH3 is 2. The fourth-order valence-corrected chi connectivity index (χ4v) is 3.29. The molecule has 0 bridgehead atoms. The summed E-state index contributed by atoms with van der Waals surface area (Å²) in [5, 5.41) is 10.1. The smallest absolute Gasteiger partial charge is 0.433 e. The number of aryl methyl sites for hydroxylation is 1. The largest absolute Gasteiger partial charge is 0.497 e. The first-order valence-electron chi connectivity index (χ1n) is 9.66. The maximum absolute atomic E-state index is 13.8. The molecule has 0 aliphatic heterocycles. The molecule has 1 N–H and O–H groups in total. The van der Waals surface area contributed by atoms with Gasteiger partial charge < -0.3 is 14.8 Å². The zero-order valence-corrected chi connectivity index (χ0v) is 18.0. The zero-order chi connectivity index (χ0) is 24.6. The van der Waals surface area contributed by atoms with Gasteiger partial charge in [0.15, 0.2) is 17.0 Å². The number of carbonyl (C=O) groups excluding carboxylic acids is 2. The van der Waals surface area contributed by atoms with Crippen molar-refractivity contribution >= 4 is 23.2 Å². The molecule has 0 saturated heterocycles. The Morgan fingerprint density at radius 1 is 1.06 bits per heavy atom. The highest BCUT2D eigenvalue weighted by atomic mass is 19.4. The molecular weight excluding hydrogens is 457 g/mol. The van der Waals surface area contributed by atoms with Crippen molar-refractivity contribution in [3.8, 4) is 17.0 Å². The van der Waals surface area contributed by atoms with Gasteiger partial charge in [-0.15, -0.1) is 0 Å². The van der Waals surface area contributed by atoms with Crippen LogP contribution in [0.5, 0.6) is 5.75 Å². The maximum atomic E-state index is 13.8. The Labute approximate surface area is 189 Å². The predicted molar refractivity (Wildman–Crippen MR) is 112 cm³/mol. The van der Waals surface area contributed by atoms with Gasteiger partial charge in [0, 0.05) is 12.6 Å². The van der Waals surface area contributed by atoms with E-state index >= 15 is 0 Å². The van der Waals surface area contributed by atoms with Crippen LogP contribution >= 0.6 is 0 Å². The molecule has 0 spiro atoms. The number of nitrogens with one attached hydrogen (secondary N) is 1. The lowest BCUT2D eigenvalue weighted by Gasteiger charge is -2.12. The van der Waals surface area contributed by atoms with Crippen LogP contribution in [0.1, 0.15) is 26.5 Å². The van der Waals surface area contributed by atoms with E-state index in [4.69, 9.17) is 4.74 Å². The molecule has 0 unspecified atom stereocenters. The van der Waals surface area contributed by atoms with Crippen LogP contribution in [-0.2, 0) is 18.0 Å². The molecule has 1 amide bonds. The number of ether oxygens (including phenoxy) is 2. The summed E-state index contributed by atoms with van der Waals surface area (Å²) in [7, 11) is 4.09. The first-order chi connectivity index (χ1) is 16.1. The number of benzene rings is 1. The Morgan fingerprint density at radius 2 is 1.76 bits per heavy atom. The minimum absolute atomic E-state index is 0.0149. The third kappa shape index (κ3) is 4.02. The van der Waals surface area contributed by atoms with E-state index < -0.39 is 23.7 Å². The molecule has 0 aliphatic carbocycles. The number of amides is 1. The number of aromatic nitrogens is 5. The fraction of sp³-hybridized carbons (Fsp3) is 0.190. The highest BCUT2D eigenvalue weighted by Gasteiger charge is 2.36. The van der Waals surface area contributed by atoms with Crippen LogP contribution in [0, 0.1) is 0 Å². The predicted octanol–water partition coefficient (Wildman–Crippen LogP) is 3.20. The number of alkyl halides is 3. The van der Waals surface area contributed by atoms with Crippen molar-refractivity contribution < 1.29 is 32.2 Å². The number of hydrogen-bond donors (Lipinski definition) is 1. The summed E-state index contributed by atoms with van der Waals surface area (Å²) >= 11 is 0. The molecule has 0 atom stereocenters. The van der Waals surface area contributed by atoms with Gasteiger partial charge in [-0.1, -0.05) is 0 Å². The molecule has 0 fully saturated rings. The van der Waals surface area contributed by atoms with Crippen molar-refractivity contribution in [2.75, 3.05) is 19.5 Å². The average molecular weight is 474 g/mol. The van der Waals surface area contributed by atoms with E-state index in [1.807, 2.05) is 0 Å². The zero-order valence-electron chi connectivity index (χ0n) is 18.0. The van der Waals surface area contributed by atoms with Crippen molar-refractivity contribution in [1.82, 2.24) is 24.4 Å². The van der Waals surface area contributed by atoms with E-state index in [1.54, 1.807) is 24.3 Å². The molecule has 0 saturated carbocycles. The van der Waals surface area contributed by atoms with Crippen LogP contribution in [0.3, 0.4) is 0 Å². The standard InChI is InChI=1S/C21H17F3N6O4/c1-29-17(20(32)34-3)15(10-25-29)28-19(31)13-9-26-30-16(21(22,23)24)8-14(27-18(13)30)11-4-6-12(33-2)7-5-11/h4-10H,1-3H3,(H,28,31). The molecule has 1 aromatic carbocycles. The van der Waals surface area contributed by atoms with Gasteiger partial charge in [-0.25, -0.2) is 14.3 Å². The number of rotatable bonds is 5. The Bertz CT molecular complexity index is 1390. The first kappa shape index (κ1) is 22.8. The Morgan fingerprint density at radius 3 is 2.38 bits per heavy atom. The summed E-state index contributed by atoms with van der Waals surface area (Å²) in [5.41, 5.74) is -1.34. The Balaban J connectivity index is 1.81. The van der Waals surface area contributed by atoms with E-state index in [9.17, 15) is 22.8 Å². The third-order valence-corrected chi connectivity index (χ3v) is 4.96. The molecule has 3 aromatic heterocycles. The number of hydrogen-bond acceptors (Lipinski definition) is 7. The van der Waals surface area contributed by atoms with Crippen LogP contribution < -0.4 is 10.1 Å². The third-order valence-electron chi connectivity index (χ3n) is 4.96. The van der Waals surface area contributed by atoms with Gasteiger partial charge in [0.25, 0.3) is 5.91 Å². The maximum Gasteiger partial charge on any atom is 0.433 e. The highest BCUT2D eigenvalue weighted by molar-refractivity contribution is 6.10. The van der Waals surface area contributed by atoms with Gasteiger partial charge in [0.05, 0.1) is 38.0 Å². The number of esters is 1. The summed E-state index contributed by atoms with van der Waals surface area (Å²) in [4.78, 5) is 29.2. The van der Waals surface area contributed by atoms with E-state index in [-0.39, 0.29) is 28.3 Å². The summed E-state index contributed by atoms with van der Waals surface area (Å²) < 4.78 is 52.9. The van der Waals surface area contributed by atoms with Crippen molar-refractivity contribution in [1.29, 1.82) is 0 Å². The molecule has 3 heterocycles. The van der Waals surface area contributed by atoms with Gasteiger partial charge in [0.2, 0.25) is 0 Å². The fourth-order valence-electron chi connectivity index (χ4n) is 3.29. The topological polar surface area (TPSA) is 113 Å². The lowest BCUT2D eigenvalue weighted by atomic mass is 10.1. The number of carbonyl (C=O) groups is 2. The van der Waals surface area contributed by atoms with Crippen LogP contribution in [0.4, 0.5) is 18.9 Å². The lowest BCUT2D eigenvalue weighted by molar-refractivity contribution is -0.142. The molecule has 176 valence electrons.